The summed E-state index contributed by atoms with van der Waals surface area (Å²) in [6.07, 6.45) is 0. The third-order valence-corrected chi connectivity index (χ3v) is 11.3. The molecule has 6 aromatic rings. The topological polar surface area (TPSA) is 18.5 Å². The Morgan fingerprint density at radius 1 is 0.537 bits per heavy atom. The van der Waals surface area contributed by atoms with E-state index in [4.69, 9.17) is 9.31 Å². The van der Waals surface area contributed by atoms with Crippen molar-refractivity contribution in [1.29, 1.82) is 0 Å². The first kappa shape index (κ1) is 24.0. The number of fused-ring (bicyclic) bond motifs is 14. The molecule has 0 radical (unpaired) electrons. The van der Waals surface area contributed by atoms with Gasteiger partial charge in [-0.3, -0.25) is 0 Å². The van der Waals surface area contributed by atoms with Gasteiger partial charge in [0.15, 0.2) is 0 Å². The quantitative estimate of drug-likeness (QED) is 0.191. The second-order valence-electron chi connectivity index (χ2n) is 12.7. The van der Waals surface area contributed by atoms with E-state index in [1.54, 1.807) is 0 Å². The average Bonchev–Trinajstić information content (AvgIpc) is 3.65. The van der Waals surface area contributed by atoms with Crippen LogP contribution in [0.3, 0.4) is 0 Å². The standard InChI is InChI=1S/C37H29BO2S/c1-35(2)36(3,4)40-38(39-35)29-18-11-17-27-32(29)22-12-5-8-15-25(22)37(27)26-16-9-6-13-23(26)33-28(37)20-21-31-34(33)24-14-7-10-19-30(24)41-31/h5-21H,1-4H3. The molecular formula is C37H29BO2S. The van der Waals surface area contributed by atoms with Gasteiger partial charge in [-0.2, -0.15) is 0 Å². The van der Waals surface area contributed by atoms with Crippen LogP contribution in [0.2, 0.25) is 0 Å². The molecule has 2 aliphatic carbocycles. The van der Waals surface area contributed by atoms with Gasteiger partial charge in [-0.15, -0.1) is 11.3 Å². The summed E-state index contributed by atoms with van der Waals surface area (Å²) in [5, 5.41) is 2.72. The number of rotatable bonds is 1. The smallest absolute Gasteiger partial charge is 0.399 e. The highest BCUT2D eigenvalue weighted by atomic mass is 32.1. The number of hydrogen-bond acceptors (Lipinski definition) is 3. The zero-order chi connectivity index (χ0) is 27.7. The minimum Gasteiger partial charge on any atom is -0.399 e. The molecule has 1 spiro atoms. The zero-order valence-corrected chi connectivity index (χ0v) is 24.4. The van der Waals surface area contributed by atoms with Crippen molar-refractivity contribution in [2.24, 2.45) is 0 Å². The molecule has 3 aliphatic rings. The third kappa shape index (κ3) is 2.81. The summed E-state index contributed by atoms with van der Waals surface area (Å²) in [6.45, 7) is 8.52. The van der Waals surface area contributed by atoms with Gasteiger partial charge in [0, 0.05) is 20.2 Å². The molecule has 0 bridgehead atoms. The van der Waals surface area contributed by atoms with Gasteiger partial charge in [0.1, 0.15) is 0 Å². The summed E-state index contributed by atoms with van der Waals surface area (Å²) in [5.74, 6) is 0. The molecule has 1 fully saturated rings. The van der Waals surface area contributed by atoms with Crippen LogP contribution in [0, 0.1) is 0 Å². The van der Waals surface area contributed by atoms with E-state index in [-0.39, 0.29) is 0 Å². The van der Waals surface area contributed by atoms with E-state index in [2.05, 4.69) is 131 Å². The summed E-state index contributed by atoms with van der Waals surface area (Å²) in [5.41, 5.74) is 10.5. The minimum atomic E-state index is -0.433. The Morgan fingerprint density at radius 2 is 1.12 bits per heavy atom. The molecule has 1 aromatic heterocycles. The fraction of sp³-hybridized carbons (Fsp3) is 0.189. The lowest BCUT2D eigenvalue weighted by Gasteiger charge is -2.32. The van der Waals surface area contributed by atoms with Gasteiger partial charge >= 0.3 is 7.12 Å². The van der Waals surface area contributed by atoms with Crippen LogP contribution in [-0.2, 0) is 14.7 Å². The maximum absolute atomic E-state index is 6.66. The molecule has 9 rings (SSSR count). The van der Waals surface area contributed by atoms with Crippen LogP contribution in [0.5, 0.6) is 0 Å². The van der Waals surface area contributed by atoms with Crippen LogP contribution < -0.4 is 5.46 Å². The first-order valence-corrected chi connectivity index (χ1v) is 15.3. The first-order valence-electron chi connectivity index (χ1n) is 14.5. The van der Waals surface area contributed by atoms with Crippen molar-refractivity contribution in [3.63, 3.8) is 0 Å². The Hall–Kier alpha value is -3.70. The Labute approximate surface area is 244 Å². The molecule has 2 heterocycles. The Bertz CT molecular complexity index is 2070. The SMILES string of the molecule is CC1(C)OB(c2cccc3c2-c2ccccc2C32c3ccccc3-c3c2ccc2sc4ccccc4c32)OC1(C)C. The van der Waals surface area contributed by atoms with E-state index in [1.165, 1.54) is 64.7 Å². The van der Waals surface area contributed by atoms with Gasteiger partial charge in [0.05, 0.1) is 16.6 Å². The normalized spacial score (nSPS) is 20.9. The largest absolute Gasteiger partial charge is 0.495 e. The fourth-order valence-electron chi connectivity index (χ4n) is 7.69. The zero-order valence-electron chi connectivity index (χ0n) is 23.6. The molecule has 1 unspecified atom stereocenters. The van der Waals surface area contributed by atoms with Crippen LogP contribution >= 0.6 is 11.3 Å². The molecule has 0 amide bonds. The average molecular weight is 549 g/mol. The predicted octanol–water partition coefficient (Wildman–Crippen LogP) is 8.70. The van der Waals surface area contributed by atoms with E-state index in [0.717, 1.165) is 5.46 Å². The second-order valence-corrected chi connectivity index (χ2v) is 13.7. The maximum atomic E-state index is 6.66. The van der Waals surface area contributed by atoms with Crippen LogP contribution in [0.1, 0.15) is 49.9 Å². The summed E-state index contributed by atoms with van der Waals surface area (Å²) >= 11 is 1.89. The lowest BCUT2D eigenvalue weighted by atomic mass is 9.68. The second kappa shape index (κ2) is 7.77. The van der Waals surface area contributed by atoms with Crippen molar-refractivity contribution in [2.75, 3.05) is 0 Å². The molecule has 4 heteroatoms. The van der Waals surface area contributed by atoms with Gasteiger partial charge in [-0.1, -0.05) is 91.0 Å². The number of hydrogen-bond donors (Lipinski definition) is 0. The highest BCUT2D eigenvalue weighted by Crippen LogP contribution is 2.64. The number of thiophene rings is 1. The van der Waals surface area contributed by atoms with Crippen LogP contribution in [0.15, 0.2) is 103 Å². The van der Waals surface area contributed by atoms with Crippen molar-refractivity contribution in [3.8, 4) is 22.3 Å². The fourth-order valence-corrected chi connectivity index (χ4v) is 8.80. The van der Waals surface area contributed by atoms with Gasteiger partial charge in [0.25, 0.3) is 0 Å². The molecule has 2 nitrogen and oxygen atoms in total. The van der Waals surface area contributed by atoms with Gasteiger partial charge in [-0.25, -0.2) is 0 Å². The lowest BCUT2D eigenvalue weighted by molar-refractivity contribution is 0.00578. The highest BCUT2D eigenvalue weighted by Gasteiger charge is 2.56. The molecule has 0 N–H and O–H groups in total. The Kier molecular flexibility index (Phi) is 4.54. The Balaban J connectivity index is 1.41. The summed E-state index contributed by atoms with van der Waals surface area (Å²) < 4.78 is 16.0. The number of benzene rings is 5. The van der Waals surface area contributed by atoms with E-state index in [1.807, 2.05) is 11.3 Å². The minimum absolute atomic E-state index is 0.408. The van der Waals surface area contributed by atoms with Gasteiger partial charge in [-0.05, 0) is 89.8 Å². The van der Waals surface area contributed by atoms with Crippen LogP contribution in [0.25, 0.3) is 42.4 Å². The Morgan fingerprint density at radius 3 is 1.85 bits per heavy atom. The van der Waals surface area contributed by atoms with Crippen molar-refractivity contribution in [2.45, 2.75) is 44.3 Å². The summed E-state index contributed by atoms with van der Waals surface area (Å²) in [4.78, 5) is 0. The molecule has 1 saturated heterocycles. The highest BCUT2D eigenvalue weighted by molar-refractivity contribution is 7.26. The molecule has 198 valence electrons. The van der Waals surface area contributed by atoms with E-state index in [9.17, 15) is 0 Å². The molecule has 5 aromatic carbocycles. The van der Waals surface area contributed by atoms with E-state index >= 15 is 0 Å². The molecular weight excluding hydrogens is 519 g/mol. The lowest BCUT2D eigenvalue weighted by Crippen LogP contribution is -2.41. The summed E-state index contributed by atoms with van der Waals surface area (Å²) in [6, 6.07) is 38.4. The van der Waals surface area contributed by atoms with Crippen LogP contribution in [-0.4, -0.2) is 18.3 Å². The van der Waals surface area contributed by atoms with Crippen LogP contribution in [0.4, 0.5) is 0 Å². The van der Waals surface area contributed by atoms with Crippen molar-refractivity contribution < 1.29 is 9.31 Å². The molecule has 1 atom stereocenters. The molecule has 41 heavy (non-hydrogen) atoms. The maximum Gasteiger partial charge on any atom is 0.495 e. The molecule has 1 aliphatic heterocycles. The van der Waals surface area contributed by atoms with Gasteiger partial charge in [0.2, 0.25) is 0 Å². The monoisotopic (exact) mass is 548 g/mol. The van der Waals surface area contributed by atoms with E-state index in [0.29, 0.717) is 0 Å². The molecule has 0 saturated carbocycles. The van der Waals surface area contributed by atoms with Crippen molar-refractivity contribution in [1.82, 2.24) is 0 Å². The van der Waals surface area contributed by atoms with Crippen molar-refractivity contribution >= 4 is 44.1 Å². The first-order chi connectivity index (χ1) is 19.8. The van der Waals surface area contributed by atoms with Crippen molar-refractivity contribution in [3.05, 3.63) is 125 Å². The van der Waals surface area contributed by atoms with Gasteiger partial charge < -0.3 is 9.31 Å². The third-order valence-electron chi connectivity index (χ3n) is 10.2. The predicted molar refractivity (Wildman–Crippen MR) is 171 cm³/mol. The van der Waals surface area contributed by atoms with E-state index < -0.39 is 23.7 Å². The summed E-state index contributed by atoms with van der Waals surface area (Å²) in [7, 11) is -0.433.